The fourth-order valence-corrected chi connectivity index (χ4v) is 3.53. The van der Waals surface area contributed by atoms with Crippen molar-refractivity contribution >= 4 is 37.8 Å². The molecule has 1 aromatic rings. The highest BCUT2D eigenvalue weighted by Crippen LogP contribution is 2.23. The van der Waals surface area contributed by atoms with Crippen molar-refractivity contribution in [2.45, 2.75) is 31.4 Å². The third kappa shape index (κ3) is 3.56. The highest BCUT2D eigenvalue weighted by molar-refractivity contribution is 9.11. The first-order valence-electron chi connectivity index (χ1n) is 5.88. The number of methoxy groups -OCH3 is 1. The van der Waals surface area contributed by atoms with Crippen molar-refractivity contribution in [3.63, 3.8) is 0 Å². The van der Waals surface area contributed by atoms with Crippen molar-refractivity contribution in [2.24, 2.45) is 0 Å². The number of carbonyl (C=O) groups excluding carboxylic acids is 1. The van der Waals surface area contributed by atoms with E-state index in [-0.39, 0.29) is 18.1 Å². The number of ether oxygens (including phenoxy) is 1. The second kappa shape index (κ2) is 6.17. The van der Waals surface area contributed by atoms with E-state index in [1.807, 2.05) is 18.2 Å². The van der Waals surface area contributed by atoms with Gasteiger partial charge in [0.2, 0.25) is 0 Å². The van der Waals surface area contributed by atoms with Gasteiger partial charge in [0.1, 0.15) is 0 Å². The maximum absolute atomic E-state index is 12.1. The summed E-state index contributed by atoms with van der Waals surface area (Å²) in [5.74, 6) is -0.0289. The van der Waals surface area contributed by atoms with E-state index in [9.17, 15) is 4.79 Å². The van der Waals surface area contributed by atoms with E-state index in [4.69, 9.17) is 4.74 Å². The molecule has 18 heavy (non-hydrogen) atoms. The molecule has 1 aliphatic rings. The highest BCUT2D eigenvalue weighted by Gasteiger charge is 2.25. The molecule has 1 saturated carbocycles. The van der Waals surface area contributed by atoms with Gasteiger partial charge in [0.15, 0.2) is 0 Å². The summed E-state index contributed by atoms with van der Waals surface area (Å²) in [5, 5.41) is 3.05. The van der Waals surface area contributed by atoms with E-state index in [1.165, 1.54) is 0 Å². The Morgan fingerprint density at radius 1 is 1.28 bits per heavy atom. The van der Waals surface area contributed by atoms with Crippen molar-refractivity contribution in [3.8, 4) is 0 Å². The van der Waals surface area contributed by atoms with Crippen LogP contribution in [0.2, 0.25) is 0 Å². The lowest BCUT2D eigenvalue weighted by Crippen LogP contribution is -2.33. The zero-order valence-corrected chi connectivity index (χ0v) is 13.3. The maximum atomic E-state index is 12.1. The van der Waals surface area contributed by atoms with Crippen molar-refractivity contribution < 1.29 is 9.53 Å². The molecule has 0 radical (unpaired) electrons. The van der Waals surface area contributed by atoms with Gasteiger partial charge in [-0.05, 0) is 37.5 Å². The number of halogens is 2. The lowest BCUT2D eigenvalue weighted by molar-refractivity contribution is 0.0915. The number of rotatable bonds is 3. The third-order valence-corrected chi connectivity index (χ3v) is 4.09. The average molecular weight is 377 g/mol. The number of hydrogen-bond donors (Lipinski definition) is 1. The van der Waals surface area contributed by atoms with Crippen LogP contribution in [0.25, 0.3) is 0 Å². The summed E-state index contributed by atoms with van der Waals surface area (Å²) in [7, 11) is 1.72. The quantitative estimate of drug-likeness (QED) is 0.876. The van der Waals surface area contributed by atoms with Gasteiger partial charge in [-0.25, -0.2) is 0 Å². The van der Waals surface area contributed by atoms with Gasteiger partial charge in [0.05, 0.1) is 6.10 Å². The van der Waals surface area contributed by atoms with Gasteiger partial charge >= 0.3 is 0 Å². The molecule has 0 aliphatic heterocycles. The van der Waals surface area contributed by atoms with Crippen LogP contribution in [-0.2, 0) is 4.74 Å². The van der Waals surface area contributed by atoms with Crippen LogP contribution in [0.3, 0.4) is 0 Å². The molecule has 1 aliphatic carbocycles. The molecule has 2 unspecified atom stereocenters. The lowest BCUT2D eigenvalue weighted by atomic mass is 10.2. The molecule has 1 fully saturated rings. The largest absolute Gasteiger partial charge is 0.381 e. The molecular weight excluding hydrogens is 362 g/mol. The predicted molar refractivity (Wildman–Crippen MR) is 77.7 cm³/mol. The maximum Gasteiger partial charge on any atom is 0.251 e. The highest BCUT2D eigenvalue weighted by atomic mass is 79.9. The van der Waals surface area contributed by atoms with E-state index in [1.54, 1.807) is 7.11 Å². The molecule has 98 valence electrons. The predicted octanol–water partition coefficient (Wildman–Crippen LogP) is 3.51. The second-order valence-electron chi connectivity index (χ2n) is 4.50. The standard InChI is InChI=1S/C13H15Br2NO2/c1-18-12-3-2-11(7-12)16-13(17)8-4-9(14)6-10(15)5-8/h4-6,11-12H,2-3,7H2,1H3,(H,16,17). The smallest absolute Gasteiger partial charge is 0.251 e. The minimum Gasteiger partial charge on any atom is -0.381 e. The van der Waals surface area contributed by atoms with Crippen LogP contribution in [0.1, 0.15) is 29.6 Å². The van der Waals surface area contributed by atoms with Gasteiger partial charge in [-0.1, -0.05) is 31.9 Å². The van der Waals surface area contributed by atoms with Crippen LogP contribution in [0.4, 0.5) is 0 Å². The van der Waals surface area contributed by atoms with Crippen molar-refractivity contribution in [3.05, 3.63) is 32.7 Å². The normalized spacial score (nSPS) is 23.1. The van der Waals surface area contributed by atoms with Gasteiger partial charge in [0.25, 0.3) is 5.91 Å². The average Bonchev–Trinajstić information content (AvgIpc) is 2.75. The van der Waals surface area contributed by atoms with Crippen LogP contribution in [0, 0.1) is 0 Å². The van der Waals surface area contributed by atoms with E-state index < -0.39 is 0 Å². The van der Waals surface area contributed by atoms with Crippen molar-refractivity contribution in [1.29, 1.82) is 0 Å². The molecule has 0 saturated heterocycles. The fraction of sp³-hybridized carbons (Fsp3) is 0.462. The van der Waals surface area contributed by atoms with Gasteiger partial charge in [0, 0.05) is 27.7 Å². The minimum absolute atomic E-state index is 0.0289. The molecule has 1 N–H and O–H groups in total. The Bertz CT molecular complexity index is 430. The van der Waals surface area contributed by atoms with Gasteiger partial charge in [-0.2, -0.15) is 0 Å². The number of hydrogen-bond acceptors (Lipinski definition) is 2. The van der Waals surface area contributed by atoms with E-state index in [0.29, 0.717) is 5.56 Å². The van der Waals surface area contributed by atoms with Crippen molar-refractivity contribution in [1.82, 2.24) is 5.32 Å². The molecule has 2 atom stereocenters. The van der Waals surface area contributed by atoms with Gasteiger partial charge in [-0.15, -0.1) is 0 Å². The summed E-state index contributed by atoms with van der Waals surface area (Å²) >= 11 is 6.77. The Hall–Kier alpha value is -0.390. The van der Waals surface area contributed by atoms with Crippen LogP contribution in [0.5, 0.6) is 0 Å². The monoisotopic (exact) mass is 375 g/mol. The molecule has 1 aromatic carbocycles. The lowest BCUT2D eigenvalue weighted by Gasteiger charge is -2.13. The first-order chi connectivity index (χ1) is 8.58. The summed E-state index contributed by atoms with van der Waals surface area (Å²) in [5.41, 5.74) is 0.664. The summed E-state index contributed by atoms with van der Waals surface area (Å²) in [4.78, 5) is 12.1. The van der Waals surface area contributed by atoms with Gasteiger partial charge in [-0.3, -0.25) is 4.79 Å². The minimum atomic E-state index is -0.0289. The molecule has 0 spiro atoms. The number of carbonyl (C=O) groups is 1. The molecule has 0 heterocycles. The summed E-state index contributed by atoms with van der Waals surface area (Å²) in [6.07, 6.45) is 3.19. The molecule has 0 aromatic heterocycles. The third-order valence-electron chi connectivity index (χ3n) is 3.18. The number of amides is 1. The molecular formula is C13H15Br2NO2. The topological polar surface area (TPSA) is 38.3 Å². The van der Waals surface area contributed by atoms with Crippen LogP contribution >= 0.6 is 31.9 Å². The van der Waals surface area contributed by atoms with Crippen LogP contribution in [-0.4, -0.2) is 25.2 Å². The summed E-state index contributed by atoms with van der Waals surface area (Å²) in [6.45, 7) is 0. The van der Waals surface area contributed by atoms with Crippen LogP contribution in [0.15, 0.2) is 27.1 Å². The second-order valence-corrected chi connectivity index (χ2v) is 6.33. The Kier molecular flexibility index (Phi) is 4.81. The molecule has 1 amide bonds. The molecule has 2 rings (SSSR count). The Morgan fingerprint density at radius 3 is 2.50 bits per heavy atom. The fourth-order valence-electron chi connectivity index (χ4n) is 2.24. The first kappa shape index (κ1) is 14.0. The van der Waals surface area contributed by atoms with E-state index in [2.05, 4.69) is 37.2 Å². The molecule has 3 nitrogen and oxygen atoms in total. The number of benzene rings is 1. The Labute approximate surface area is 124 Å². The van der Waals surface area contributed by atoms with Gasteiger partial charge < -0.3 is 10.1 Å². The van der Waals surface area contributed by atoms with Crippen LogP contribution < -0.4 is 5.32 Å². The Morgan fingerprint density at radius 2 is 1.94 bits per heavy atom. The first-order valence-corrected chi connectivity index (χ1v) is 7.47. The summed E-state index contributed by atoms with van der Waals surface area (Å²) < 4.78 is 7.08. The SMILES string of the molecule is COC1CCC(NC(=O)c2cc(Br)cc(Br)c2)C1. The Balaban J connectivity index is 1.99. The zero-order chi connectivity index (χ0) is 13.1. The van der Waals surface area contributed by atoms with E-state index >= 15 is 0 Å². The van der Waals surface area contributed by atoms with E-state index in [0.717, 1.165) is 28.2 Å². The van der Waals surface area contributed by atoms with Crippen molar-refractivity contribution in [2.75, 3.05) is 7.11 Å². The zero-order valence-electron chi connectivity index (χ0n) is 10.1. The summed E-state index contributed by atoms with van der Waals surface area (Å²) in [6, 6.07) is 5.78. The number of nitrogens with one attached hydrogen (secondary N) is 1. The molecule has 5 heteroatoms. The molecule has 0 bridgehead atoms.